The Balaban J connectivity index is 2.11. The third-order valence-corrected chi connectivity index (χ3v) is 4.06. The van der Waals surface area contributed by atoms with Crippen molar-refractivity contribution in [1.29, 1.82) is 5.26 Å². The second-order valence-corrected chi connectivity index (χ2v) is 5.18. The highest BCUT2D eigenvalue weighted by atomic mass is 16.2. The van der Waals surface area contributed by atoms with Crippen molar-refractivity contribution >= 4 is 5.91 Å². The molecule has 1 aliphatic heterocycles. The number of carbonyl (C=O) groups excluding carboxylic acids is 1. The number of carbonyl (C=O) groups is 1. The van der Waals surface area contributed by atoms with Gasteiger partial charge in [0.15, 0.2) is 0 Å². The first-order valence-electron chi connectivity index (χ1n) is 6.61. The minimum absolute atomic E-state index is 0.179. The normalized spacial score (nSPS) is 28.1. The fraction of sp³-hybridized carbons (Fsp3) is 0.846. The standard InChI is InChI=1S/C13H21N3O/c1-15-9-4-10-16(11-5-2-3-6-11)13(17)12(15)7-8-14/h11-12H,2-7,9-10H2,1H3. The molecule has 0 bridgehead atoms. The van der Waals surface area contributed by atoms with Gasteiger partial charge in [-0.1, -0.05) is 12.8 Å². The number of nitriles is 1. The van der Waals surface area contributed by atoms with Crippen LogP contribution in [0.4, 0.5) is 0 Å². The molecule has 4 nitrogen and oxygen atoms in total. The van der Waals surface area contributed by atoms with Crippen LogP contribution in [0, 0.1) is 11.3 Å². The molecule has 0 aromatic carbocycles. The molecule has 0 radical (unpaired) electrons. The second kappa shape index (κ2) is 5.50. The molecule has 2 aliphatic rings. The van der Waals surface area contributed by atoms with E-state index in [1.807, 2.05) is 11.9 Å². The second-order valence-electron chi connectivity index (χ2n) is 5.18. The van der Waals surface area contributed by atoms with Gasteiger partial charge in [0.05, 0.1) is 12.5 Å². The summed E-state index contributed by atoms with van der Waals surface area (Å²) in [6, 6.07) is 2.37. The van der Waals surface area contributed by atoms with Crippen molar-refractivity contribution in [2.45, 2.75) is 50.6 Å². The summed E-state index contributed by atoms with van der Waals surface area (Å²) in [6.07, 6.45) is 6.13. The molecule has 1 aliphatic carbocycles. The number of likely N-dealkylation sites (N-methyl/N-ethyl adjacent to an activating group) is 1. The van der Waals surface area contributed by atoms with Crippen molar-refractivity contribution in [2.24, 2.45) is 0 Å². The van der Waals surface area contributed by atoms with Crippen molar-refractivity contribution < 1.29 is 4.79 Å². The van der Waals surface area contributed by atoms with Gasteiger partial charge >= 0.3 is 0 Å². The third kappa shape index (κ3) is 2.61. The summed E-state index contributed by atoms with van der Waals surface area (Å²) in [4.78, 5) is 16.6. The molecule has 17 heavy (non-hydrogen) atoms. The molecule has 1 saturated carbocycles. The summed E-state index contributed by atoms with van der Waals surface area (Å²) in [7, 11) is 1.96. The number of rotatable bonds is 2. The Kier molecular flexibility index (Phi) is 4.01. The molecule has 2 fully saturated rings. The highest BCUT2D eigenvalue weighted by Gasteiger charge is 2.34. The van der Waals surface area contributed by atoms with Gasteiger partial charge < -0.3 is 4.90 Å². The summed E-state index contributed by atoms with van der Waals surface area (Å²) in [5, 5.41) is 8.85. The van der Waals surface area contributed by atoms with Crippen LogP contribution in [0.2, 0.25) is 0 Å². The minimum Gasteiger partial charge on any atom is -0.338 e. The van der Waals surface area contributed by atoms with E-state index in [4.69, 9.17) is 5.26 Å². The highest BCUT2D eigenvalue weighted by Crippen LogP contribution is 2.26. The van der Waals surface area contributed by atoms with Gasteiger partial charge in [-0.3, -0.25) is 9.69 Å². The molecule has 4 heteroatoms. The monoisotopic (exact) mass is 235 g/mol. The van der Waals surface area contributed by atoms with Gasteiger partial charge in [0.2, 0.25) is 5.91 Å². The van der Waals surface area contributed by atoms with E-state index in [1.54, 1.807) is 0 Å². The molecule has 0 N–H and O–H groups in total. The first-order valence-corrected chi connectivity index (χ1v) is 6.61. The molecule has 2 rings (SSSR count). The Bertz CT molecular complexity index is 317. The summed E-state index contributed by atoms with van der Waals surface area (Å²) < 4.78 is 0. The van der Waals surface area contributed by atoms with Gasteiger partial charge in [0, 0.05) is 19.1 Å². The lowest BCUT2D eigenvalue weighted by Crippen LogP contribution is -2.47. The maximum Gasteiger partial charge on any atom is 0.241 e. The Morgan fingerprint density at radius 1 is 1.29 bits per heavy atom. The lowest BCUT2D eigenvalue weighted by atomic mass is 10.1. The Morgan fingerprint density at radius 3 is 2.65 bits per heavy atom. The zero-order valence-corrected chi connectivity index (χ0v) is 10.6. The molecule has 0 aromatic rings. The molecule has 1 heterocycles. The molecular formula is C13H21N3O. The predicted octanol–water partition coefficient (Wildman–Crippen LogP) is 1.38. The number of nitrogens with zero attached hydrogens (tertiary/aromatic N) is 3. The fourth-order valence-electron chi connectivity index (χ4n) is 3.04. The molecule has 0 spiro atoms. The molecule has 94 valence electrons. The smallest absolute Gasteiger partial charge is 0.241 e. The van der Waals surface area contributed by atoms with E-state index in [0.29, 0.717) is 12.5 Å². The highest BCUT2D eigenvalue weighted by molar-refractivity contribution is 5.82. The van der Waals surface area contributed by atoms with Gasteiger partial charge in [0.1, 0.15) is 6.04 Å². The average molecular weight is 235 g/mol. The van der Waals surface area contributed by atoms with Crippen LogP contribution in [0.25, 0.3) is 0 Å². The van der Waals surface area contributed by atoms with Crippen LogP contribution < -0.4 is 0 Å². The summed E-state index contributed by atoms with van der Waals surface area (Å²) in [6.45, 7) is 1.79. The quantitative estimate of drug-likeness (QED) is 0.726. The zero-order valence-electron chi connectivity index (χ0n) is 10.6. The first kappa shape index (κ1) is 12.4. The van der Waals surface area contributed by atoms with Crippen molar-refractivity contribution in [3.63, 3.8) is 0 Å². The maximum atomic E-state index is 12.5. The third-order valence-electron chi connectivity index (χ3n) is 4.06. The molecule has 1 amide bonds. The van der Waals surface area contributed by atoms with E-state index in [2.05, 4.69) is 11.0 Å². The molecule has 1 saturated heterocycles. The van der Waals surface area contributed by atoms with Crippen LogP contribution in [0.3, 0.4) is 0 Å². The van der Waals surface area contributed by atoms with E-state index in [9.17, 15) is 4.79 Å². The number of hydrogen-bond donors (Lipinski definition) is 0. The summed E-state index contributed by atoms with van der Waals surface area (Å²) in [5.41, 5.74) is 0. The molecule has 0 aromatic heterocycles. The Hall–Kier alpha value is -1.08. The SMILES string of the molecule is CN1CCCN(C2CCCC2)C(=O)C1CC#N. The first-order chi connectivity index (χ1) is 8.24. The van der Waals surface area contributed by atoms with Crippen LogP contribution in [0.5, 0.6) is 0 Å². The van der Waals surface area contributed by atoms with Crippen molar-refractivity contribution in [1.82, 2.24) is 9.80 Å². The van der Waals surface area contributed by atoms with Crippen LogP contribution >= 0.6 is 0 Å². The van der Waals surface area contributed by atoms with Crippen LogP contribution in [0.1, 0.15) is 38.5 Å². The van der Waals surface area contributed by atoms with E-state index >= 15 is 0 Å². The average Bonchev–Trinajstić information content (AvgIpc) is 2.80. The van der Waals surface area contributed by atoms with Gasteiger partial charge in [-0.25, -0.2) is 0 Å². The topological polar surface area (TPSA) is 47.3 Å². The van der Waals surface area contributed by atoms with Gasteiger partial charge in [0.25, 0.3) is 0 Å². The Morgan fingerprint density at radius 2 is 2.00 bits per heavy atom. The summed E-state index contributed by atoms with van der Waals surface area (Å²) in [5.74, 6) is 0.179. The molecule has 1 unspecified atom stereocenters. The lowest BCUT2D eigenvalue weighted by molar-refractivity contribution is -0.137. The van der Waals surface area contributed by atoms with Crippen molar-refractivity contribution in [2.75, 3.05) is 20.1 Å². The minimum atomic E-state index is -0.219. The van der Waals surface area contributed by atoms with Crippen molar-refractivity contribution in [3.05, 3.63) is 0 Å². The molecule has 1 atom stereocenters. The van der Waals surface area contributed by atoms with E-state index in [-0.39, 0.29) is 11.9 Å². The fourth-order valence-corrected chi connectivity index (χ4v) is 3.04. The van der Waals surface area contributed by atoms with E-state index in [1.165, 1.54) is 12.8 Å². The Labute approximate surface area is 103 Å². The zero-order chi connectivity index (χ0) is 12.3. The van der Waals surface area contributed by atoms with Gasteiger partial charge in [-0.15, -0.1) is 0 Å². The number of amides is 1. The predicted molar refractivity (Wildman–Crippen MR) is 65.2 cm³/mol. The number of hydrogen-bond acceptors (Lipinski definition) is 3. The van der Waals surface area contributed by atoms with Gasteiger partial charge in [-0.2, -0.15) is 5.26 Å². The summed E-state index contributed by atoms with van der Waals surface area (Å²) >= 11 is 0. The van der Waals surface area contributed by atoms with Crippen molar-refractivity contribution in [3.8, 4) is 6.07 Å². The van der Waals surface area contributed by atoms with Crippen LogP contribution in [-0.2, 0) is 4.79 Å². The maximum absolute atomic E-state index is 12.5. The molecular weight excluding hydrogens is 214 g/mol. The van der Waals surface area contributed by atoms with Gasteiger partial charge in [-0.05, 0) is 26.3 Å². The van der Waals surface area contributed by atoms with E-state index < -0.39 is 0 Å². The van der Waals surface area contributed by atoms with Crippen LogP contribution in [0.15, 0.2) is 0 Å². The largest absolute Gasteiger partial charge is 0.338 e. The van der Waals surface area contributed by atoms with Crippen LogP contribution in [-0.4, -0.2) is 47.9 Å². The lowest BCUT2D eigenvalue weighted by Gasteiger charge is -2.31. The van der Waals surface area contributed by atoms with E-state index in [0.717, 1.165) is 32.4 Å².